The maximum Gasteiger partial charge on any atom is 0.167 e. The molecule has 0 aromatic carbocycles. The van der Waals surface area contributed by atoms with E-state index in [2.05, 4.69) is 25.1 Å². The van der Waals surface area contributed by atoms with Crippen molar-refractivity contribution in [1.29, 1.82) is 0 Å². The Morgan fingerprint density at radius 3 is 2.75 bits per heavy atom. The number of hydrogen-bond donors (Lipinski definition) is 1. The van der Waals surface area contributed by atoms with Crippen LogP contribution >= 0.6 is 23.2 Å². The standard InChI is InChI=1S/C13H15Cl2N5/c1-8-17-13(19-18-8)12-3-2-4-20(12)7-9-10(14)5-16-6-11(9)15/h5-6,12H,2-4,7H2,1H3,(H,17,18,19)/t12-/m1/s1. The molecule has 0 aliphatic carbocycles. The summed E-state index contributed by atoms with van der Waals surface area (Å²) in [5.41, 5.74) is 0.919. The Kier molecular flexibility index (Phi) is 3.92. The summed E-state index contributed by atoms with van der Waals surface area (Å²) in [6.45, 7) is 3.60. The van der Waals surface area contributed by atoms with Crippen LogP contribution in [0.15, 0.2) is 12.4 Å². The molecule has 1 atom stereocenters. The van der Waals surface area contributed by atoms with Crippen LogP contribution < -0.4 is 0 Å². The van der Waals surface area contributed by atoms with Gasteiger partial charge < -0.3 is 0 Å². The first kappa shape index (κ1) is 13.8. The second-order valence-corrected chi connectivity index (χ2v) is 5.80. The second-order valence-electron chi connectivity index (χ2n) is 4.99. The number of pyridine rings is 1. The summed E-state index contributed by atoms with van der Waals surface area (Å²) in [4.78, 5) is 10.7. The van der Waals surface area contributed by atoms with Crippen molar-refractivity contribution in [2.24, 2.45) is 0 Å². The molecule has 0 bridgehead atoms. The van der Waals surface area contributed by atoms with Gasteiger partial charge in [-0.2, -0.15) is 5.10 Å². The van der Waals surface area contributed by atoms with Crippen LogP contribution in [0.4, 0.5) is 0 Å². The van der Waals surface area contributed by atoms with Gasteiger partial charge in [0.05, 0.1) is 16.1 Å². The first-order valence-electron chi connectivity index (χ1n) is 6.56. The zero-order valence-electron chi connectivity index (χ0n) is 11.1. The maximum absolute atomic E-state index is 6.19. The van der Waals surface area contributed by atoms with E-state index in [0.29, 0.717) is 16.6 Å². The predicted molar refractivity (Wildman–Crippen MR) is 77.8 cm³/mol. The third-order valence-electron chi connectivity index (χ3n) is 3.59. The SMILES string of the molecule is Cc1nc([C@H]2CCCN2Cc2c(Cl)cncc2Cl)n[nH]1. The first-order valence-corrected chi connectivity index (χ1v) is 7.31. The molecule has 1 aliphatic heterocycles. The highest BCUT2D eigenvalue weighted by atomic mass is 35.5. The Bertz CT molecular complexity index is 592. The van der Waals surface area contributed by atoms with Crippen LogP contribution in [0.1, 0.15) is 36.1 Å². The fraction of sp³-hybridized carbons (Fsp3) is 0.462. The van der Waals surface area contributed by atoms with Crippen molar-refractivity contribution in [3.63, 3.8) is 0 Å². The van der Waals surface area contributed by atoms with Crippen LogP contribution in [0.25, 0.3) is 0 Å². The van der Waals surface area contributed by atoms with Gasteiger partial charge in [-0.25, -0.2) is 4.98 Å². The van der Waals surface area contributed by atoms with Gasteiger partial charge in [-0.15, -0.1) is 0 Å². The monoisotopic (exact) mass is 311 g/mol. The van der Waals surface area contributed by atoms with Crippen molar-refractivity contribution in [2.75, 3.05) is 6.54 Å². The second kappa shape index (κ2) is 5.68. The van der Waals surface area contributed by atoms with Gasteiger partial charge in [0, 0.05) is 24.5 Å². The van der Waals surface area contributed by atoms with Crippen molar-refractivity contribution in [3.8, 4) is 0 Å². The Balaban J connectivity index is 1.83. The van der Waals surface area contributed by atoms with E-state index in [4.69, 9.17) is 23.2 Å². The average molecular weight is 312 g/mol. The van der Waals surface area contributed by atoms with Gasteiger partial charge >= 0.3 is 0 Å². The third kappa shape index (κ3) is 2.66. The Hall–Kier alpha value is -1.17. The number of aromatic nitrogens is 4. The number of H-pyrrole nitrogens is 1. The molecular formula is C13H15Cl2N5. The minimum Gasteiger partial charge on any atom is -0.289 e. The topological polar surface area (TPSA) is 57.7 Å². The smallest absolute Gasteiger partial charge is 0.167 e. The summed E-state index contributed by atoms with van der Waals surface area (Å²) in [7, 11) is 0. The molecule has 20 heavy (non-hydrogen) atoms. The average Bonchev–Trinajstić information content (AvgIpc) is 3.02. The van der Waals surface area contributed by atoms with Crippen LogP contribution in [0.2, 0.25) is 10.0 Å². The molecule has 0 radical (unpaired) electrons. The Labute approximate surface area is 127 Å². The Morgan fingerprint density at radius 1 is 1.35 bits per heavy atom. The summed E-state index contributed by atoms with van der Waals surface area (Å²) in [6, 6.07) is 0.222. The lowest BCUT2D eigenvalue weighted by Gasteiger charge is -2.23. The van der Waals surface area contributed by atoms with Crippen molar-refractivity contribution in [1.82, 2.24) is 25.1 Å². The molecule has 7 heteroatoms. The van der Waals surface area contributed by atoms with Crippen LogP contribution in [-0.2, 0) is 6.54 Å². The van der Waals surface area contributed by atoms with Gasteiger partial charge in [-0.3, -0.25) is 15.0 Å². The highest BCUT2D eigenvalue weighted by Crippen LogP contribution is 2.34. The minimum absolute atomic E-state index is 0.222. The number of nitrogens with zero attached hydrogens (tertiary/aromatic N) is 4. The molecule has 1 N–H and O–H groups in total. The van der Waals surface area contributed by atoms with E-state index in [9.17, 15) is 0 Å². The molecule has 2 aromatic heterocycles. The molecule has 1 fully saturated rings. The fourth-order valence-electron chi connectivity index (χ4n) is 2.61. The van der Waals surface area contributed by atoms with E-state index >= 15 is 0 Å². The van der Waals surface area contributed by atoms with E-state index in [1.807, 2.05) is 6.92 Å². The molecule has 0 amide bonds. The van der Waals surface area contributed by atoms with Crippen LogP contribution in [0, 0.1) is 6.92 Å². The zero-order chi connectivity index (χ0) is 14.1. The largest absolute Gasteiger partial charge is 0.289 e. The van der Waals surface area contributed by atoms with Crippen molar-refractivity contribution in [3.05, 3.63) is 39.7 Å². The van der Waals surface area contributed by atoms with E-state index in [1.165, 1.54) is 0 Å². The van der Waals surface area contributed by atoms with Gasteiger partial charge in [0.2, 0.25) is 0 Å². The molecule has 3 rings (SSSR count). The maximum atomic E-state index is 6.19. The van der Waals surface area contributed by atoms with Gasteiger partial charge in [0.25, 0.3) is 0 Å². The van der Waals surface area contributed by atoms with E-state index < -0.39 is 0 Å². The molecule has 0 unspecified atom stereocenters. The van der Waals surface area contributed by atoms with Crippen LogP contribution in [0.3, 0.4) is 0 Å². The summed E-state index contributed by atoms with van der Waals surface area (Å²) in [5, 5.41) is 8.39. The number of rotatable bonds is 3. The summed E-state index contributed by atoms with van der Waals surface area (Å²) in [6.07, 6.45) is 5.44. The summed E-state index contributed by atoms with van der Waals surface area (Å²) >= 11 is 12.4. The number of halogens is 2. The molecule has 5 nitrogen and oxygen atoms in total. The number of hydrogen-bond acceptors (Lipinski definition) is 4. The van der Waals surface area contributed by atoms with Crippen molar-refractivity contribution in [2.45, 2.75) is 32.4 Å². The molecule has 2 aromatic rings. The third-order valence-corrected chi connectivity index (χ3v) is 4.24. The van der Waals surface area contributed by atoms with E-state index in [1.54, 1.807) is 12.4 Å². The lowest BCUT2D eigenvalue weighted by molar-refractivity contribution is 0.240. The van der Waals surface area contributed by atoms with E-state index in [-0.39, 0.29) is 6.04 Å². The fourth-order valence-corrected chi connectivity index (χ4v) is 3.09. The molecular weight excluding hydrogens is 297 g/mol. The lowest BCUT2D eigenvalue weighted by atomic mass is 10.2. The van der Waals surface area contributed by atoms with Crippen LogP contribution in [0.5, 0.6) is 0 Å². The lowest BCUT2D eigenvalue weighted by Crippen LogP contribution is -2.24. The van der Waals surface area contributed by atoms with Crippen molar-refractivity contribution >= 4 is 23.2 Å². The number of aryl methyl sites for hydroxylation is 1. The van der Waals surface area contributed by atoms with E-state index in [0.717, 1.165) is 36.6 Å². The van der Waals surface area contributed by atoms with Gasteiger partial charge in [0.1, 0.15) is 5.82 Å². The zero-order valence-corrected chi connectivity index (χ0v) is 12.6. The van der Waals surface area contributed by atoms with Gasteiger partial charge in [0.15, 0.2) is 5.82 Å². The Morgan fingerprint density at radius 2 is 2.10 bits per heavy atom. The molecule has 0 saturated carbocycles. The van der Waals surface area contributed by atoms with Crippen molar-refractivity contribution < 1.29 is 0 Å². The molecule has 1 aliphatic rings. The quantitative estimate of drug-likeness (QED) is 0.946. The minimum atomic E-state index is 0.222. The van der Waals surface area contributed by atoms with Gasteiger partial charge in [-0.05, 0) is 26.3 Å². The molecule has 1 saturated heterocycles. The van der Waals surface area contributed by atoms with Gasteiger partial charge in [-0.1, -0.05) is 23.2 Å². The number of aromatic amines is 1. The molecule has 106 valence electrons. The summed E-state index contributed by atoms with van der Waals surface area (Å²) < 4.78 is 0. The first-order chi connectivity index (χ1) is 9.65. The number of likely N-dealkylation sites (tertiary alicyclic amines) is 1. The predicted octanol–water partition coefficient (Wildman–Crippen LogP) is 3.15. The normalized spacial score (nSPS) is 19.6. The molecule has 0 spiro atoms. The highest BCUT2D eigenvalue weighted by molar-refractivity contribution is 6.35. The van der Waals surface area contributed by atoms with Crippen LogP contribution in [-0.4, -0.2) is 31.6 Å². The summed E-state index contributed by atoms with van der Waals surface area (Å²) in [5.74, 6) is 1.69. The molecule has 3 heterocycles. The number of nitrogens with one attached hydrogen (secondary N) is 1. The highest BCUT2D eigenvalue weighted by Gasteiger charge is 2.29.